The average molecular weight is 430 g/mol. The quantitative estimate of drug-likeness (QED) is 0.715. The zero-order chi connectivity index (χ0) is 22.1. The van der Waals surface area contributed by atoms with Gasteiger partial charge in [-0.05, 0) is 25.3 Å². The number of nitrogens with zero attached hydrogens (tertiary/aromatic N) is 3. The first-order chi connectivity index (χ1) is 15.0. The molecule has 2 aliphatic heterocycles. The standard InChI is InChI=1S/C23H35N5O3/c1-19(22(30)25-23(31)24-17-20-9-5-4-6-10-20)27-15-13-26(14-16-27)18-21(29)28-11-7-2-3-8-12-28/h4-6,9-10,19H,2-3,7-8,11-18H2,1H3,(H2,24,25,30,31). The molecule has 4 amide bonds. The highest BCUT2D eigenvalue weighted by atomic mass is 16.2. The number of amides is 4. The molecule has 0 aromatic heterocycles. The number of urea groups is 1. The molecule has 0 spiro atoms. The van der Waals surface area contributed by atoms with Gasteiger partial charge >= 0.3 is 6.03 Å². The largest absolute Gasteiger partial charge is 0.342 e. The highest BCUT2D eigenvalue weighted by Crippen LogP contribution is 2.11. The predicted octanol–water partition coefficient (Wildman–Crippen LogP) is 1.42. The second kappa shape index (κ2) is 11.8. The van der Waals surface area contributed by atoms with Gasteiger partial charge in [-0.25, -0.2) is 4.79 Å². The molecule has 8 nitrogen and oxygen atoms in total. The maximum atomic E-state index is 12.6. The lowest BCUT2D eigenvalue weighted by Gasteiger charge is -2.37. The number of hydrogen-bond donors (Lipinski definition) is 2. The van der Waals surface area contributed by atoms with E-state index in [1.165, 1.54) is 12.8 Å². The van der Waals surface area contributed by atoms with Gasteiger partial charge in [-0.3, -0.25) is 24.7 Å². The molecule has 2 fully saturated rings. The normalized spacial score (nSPS) is 19.3. The van der Waals surface area contributed by atoms with Gasteiger partial charge in [0.15, 0.2) is 0 Å². The van der Waals surface area contributed by atoms with Crippen LogP contribution in [0.4, 0.5) is 4.79 Å². The Hall–Kier alpha value is -2.45. The molecule has 31 heavy (non-hydrogen) atoms. The lowest BCUT2D eigenvalue weighted by Crippen LogP contribution is -2.56. The Kier molecular flexibility index (Phi) is 8.85. The summed E-state index contributed by atoms with van der Waals surface area (Å²) in [6.45, 7) is 7.30. The van der Waals surface area contributed by atoms with Gasteiger partial charge in [-0.15, -0.1) is 0 Å². The molecule has 1 aromatic rings. The van der Waals surface area contributed by atoms with E-state index in [0.717, 1.165) is 44.6 Å². The van der Waals surface area contributed by atoms with Crippen LogP contribution in [0.15, 0.2) is 30.3 Å². The highest BCUT2D eigenvalue weighted by Gasteiger charge is 2.28. The van der Waals surface area contributed by atoms with Gasteiger partial charge in [-0.2, -0.15) is 0 Å². The molecule has 2 N–H and O–H groups in total. The summed E-state index contributed by atoms with van der Waals surface area (Å²) >= 11 is 0. The van der Waals surface area contributed by atoms with Gasteiger partial charge in [0.25, 0.3) is 0 Å². The van der Waals surface area contributed by atoms with Crippen LogP contribution in [0.2, 0.25) is 0 Å². The molecule has 2 aliphatic rings. The second-order valence-corrected chi connectivity index (χ2v) is 8.44. The van der Waals surface area contributed by atoms with E-state index in [1.54, 1.807) is 0 Å². The van der Waals surface area contributed by atoms with Crippen LogP contribution in [0.5, 0.6) is 0 Å². The van der Waals surface area contributed by atoms with E-state index in [4.69, 9.17) is 0 Å². The van der Waals surface area contributed by atoms with Gasteiger partial charge in [0.2, 0.25) is 11.8 Å². The van der Waals surface area contributed by atoms with Crippen molar-refractivity contribution in [3.05, 3.63) is 35.9 Å². The molecule has 2 saturated heterocycles. The maximum Gasteiger partial charge on any atom is 0.321 e. The van der Waals surface area contributed by atoms with Crippen LogP contribution < -0.4 is 10.6 Å². The smallest absolute Gasteiger partial charge is 0.321 e. The van der Waals surface area contributed by atoms with Crippen molar-refractivity contribution < 1.29 is 14.4 Å². The molecule has 2 heterocycles. The number of hydrogen-bond acceptors (Lipinski definition) is 5. The molecular weight excluding hydrogens is 394 g/mol. The summed E-state index contributed by atoms with van der Waals surface area (Å²) in [5.74, 6) is -0.0871. The molecule has 8 heteroatoms. The fraction of sp³-hybridized carbons (Fsp3) is 0.609. The van der Waals surface area contributed by atoms with Crippen LogP contribution in [-0.4, -0.2) is 84.4 Å². The SMILES string of the molecule is CC(C(=O)NC(=O)NCc1ccccc1)N1CCN(CC(=O)N2CCCCCC2)CC1. The fourth-order valence-corrected chi connectivity index (χ4v) is 4.12. The topological polar surface area (TPSA) is 85.0 Å². The highest BCUT2D eigenvalue weighted by molar-refractivity contribution is 5.96. The second-order valence-electron chi connectivity index (χ2n) is 8.44. The van der Waals surface area contributed by atoms with Crippen molar-refractivity contribution in [2.45, 2.75) is 45.2 Å². The summed E-state index contributed by atoms with van der Waals surface area (Å²) in [6.07, 6.45) is 4.63. The van der Waals surface area contributed by atoms with Crippen molar-refractivity contribution in [1.82, 2.24) is 25.3 Å². The Bertz CT molecular complexity index is 726. The van der Waals surface area contributed by atoms with Crippen LogP contribution in [0.1, 0.15) is 38.2 Å². The number of imide groups is 1. The van der Waals surface area contributed by atoms with E-state index >= 15 is 0 Å². The van der Waals surface area contributed by atoms with Crippen LogP contribution in [0, 0.1) is 0 Å². The van der Waals surface area contributed by atoms with Gasteiger partial charge in [0.1, 0.15) is 0 Å². The molecule has 170 valence electrons. The van der Waals surface area contributed by atoms with E-state index in [0.29, 0.717) is 26.2 Å². The Labute approximate surface area is 184 Å². The van der Waals surface area contributed by atoms with Crippen molar-refractivity contribution in [2.75, 3.05) is 45.8 Å². The van der Waals surface area contributed by atoms with Gasteiger partial charge in [0, 0.05) is 45.8 Å². The van der Waals surface area contributed by atoms with Gasteiger partial charge in [-0.1, -0.05) is 43.2 Å². The molecule has 0 saturated carbocycles. The average Bonchev–Trinajstić information content (AvgIpc) is 3.08. The Morgan fingerprint density at radius 1 is 0.903 bits per heavy atom. The van der Waals surface area contributed by atoms with Crippen molar-refractivity contribution >= 4 is 17.8 Å². The van der Waals surface area contributed by atoms with Crippen LogP contribution in [-0.2, 0) is 16.1 Å². The lowest BCUT2D eigenvalue weighted by molar-refractivity contribution is -0.133. The van der Waals surface area contributed by atoms with Crippen LogP contribution in [0.3, 0.4) is 0 Å². The summed E-state index contributed by atoms with van der Waals surface area (Å²) in [4.78, 5) is 43.3. The third-order valence-corrected chi connectivity index (χ3v) is 6.18. The van der Waals surface area contributed by atoms with E-state index in [2.05, 4.69) is 20.4 Å². The number of carbonyl (C=O) groups excluding carboxylic acids is 3. The van der Waals surface area contributed by atoms with E-state index in [1.807, 2.05) is 42.2 Å². The van der Waals surface area contributed by atoms with E-state index in [9.17, 15) is 14.4 Å². The van der Waals surface area contributed by atoms with Crippen molar-refractivity contribution in [3.8, 4) is 0 Å². The molecule has 1 aromatic carbocycles. The first-order valence-electron chi connectivity index (χ1n) is 11.4. The Morgan fingerprint density at radius 3 is 2.19 bits per heavy atom. The third kappa shape index (κ3) is 7.33. The summed E-state index contributed by atoms with van der Waals surface area (Å²) in [7, 11) is 0. The number of piperazine rings is 1. The molecule has 1 atom stereocenters. The number of nitrogens with one attached hydrogen (secondary N) is 2. The van der Waals surface area contributed by atoms with Crippen molar-refractivity contribution in [1.29, 1.82) is 0 Å². The van der Waals surface area contributed by atoms with E-state index < -0.39 is 12.1 Å². The van der Waals surface area contributed by atoms with Crippen LogP contribution >= 0.6 is 0 Å². The third-order valence-electron chi connectivity index (χ3n) is 6.18. The number of rotatable bonds is 6. The lowest BCUT2D eigenvalue weighted by atomic mass is 10.2. The molecule has 0 radical (unpaired) electrons. The summed E-state index contributed by atoms with van der Waals surface area (Å²) in [5.41, 5.74) is 0.976. The molecule has 0 bridgehead atoms. The van der Waals surface area contributed by atoms with E-state index in [-0.39, 0.29) is 11.8 Å². The van der Waals surface area contributed by atoms with Gasteiger partial charge in [0.05, 0.1) is 12.6 Å². The first-order valence-corrected chi connectivity index (χ1v) is 11.4. The summed E-state index contributed by atoms with van der Waals surface area (Å²) in [5, 5.41) is 5.15. The maximum absolute atomic E-state index is 12.6. The Balaban J connectivity index is 1.36. The van der Waals surface area contributed by atoms with Crippen LogP contribution in [0.25, 0.3) is 0 Å². The molecule has 3 rings (SSSR count). The predicted molar refractivity (Wildman–Crippen MR) is 119 cm³/mol. The minimum absolute atomic E-state index is 0.219. The minimum Gasteiger partial charge on any atom is -0.342 e. The Morgan fingerprint density at radius 2 is 1.55 bits per heavy atom. The first kappa shape index (κ1) is 23.2. The number of carbonyl (C=O) groups is 3. The minimum atomic E-state index is -0.484. The summed E-state index contributed by atoms with van der Waals surface area (Å²) in [6, 6.07) is 8.68. The number of benzene rings is 1. The molecule has 0 aliphatic carbocycles. The number of likely N-dealkylation sites (tertiary alicyclic amines) is 1. The fourth-order valence-electron chi connectivity index (χ4n) is 4.12. The molecular formula is C23H35N5O3. The van der Waals surface area contributed by atoms with Crippen molar-refractivity contribution in [3.63, 3.8) is 0 Å². The van der Waals surface area contributed by atoms with Crippen molar-refractivity contribution in [2.24, 2.45) is 0 Å². The van der Waals surface area contributed by atoms with Gasteiger partial charge < -0.3 is 10.2 Å². The zero-order valence-electron chi connectivity index (χ0n) is 18.5. The summed E-state index contributed by atoms with van der Waals surface area (Å²) < 4.78 is 0. The monoisotopic (exact) mass is 429 g/mol. The molecule has 1 unspecified atom stereocenters. The zero-order valence-corrected chi connectivity index (χ0v) is 18.5.